The third kappa shape index (κ3) is 4.66. The summed E-state index contributed by atoms with van der Waals surface area (Å²) in [7, 11) is 1.92. The molecule has 0 saturated carbocycles. The largest absolute Gasteiger partial charge is 0.351 e. The number of nitrogens with two attached hydrogens (primary N) is 1. The molecule has 110 valence electrons. The second kappa shape index (κ2) is 7.05. The van der Waals surface area contributed by atoms with E-state index in [1.807, 2.05) is 7.05 Å². The highest BCUT2D eigenvalue weighted by atomic mass is 16.2. The third-order valence-electron chi connectivity index (χ3n) is 3.51. The number of carbonyl (C=O) groups excluding carboxylic acids is 2. The minimum Gasteiger partial charge on any atom is -0.351 e. The Morgan fingerprint density at radius 1 is 1.20 bits per heavy atom. The van der Waals surface area contributed by atoms with Crippen molar-refractivity contribution in [3.05, 3.63) is 35.4 Å². The van der Waals surface area contributed by atoms with Gasteiger partial charge >= 0.3 is 6.03 Å². The van der Waals surface area contributed by atoms with Gasteiger partial charge in [-0.15, -0.1) is 0 Å². The first kappa shape index (κ1) is 16.2. The van der Waals surface area contributed by atoms with Crippen LogP contribution in [0, 0.1) is 0 Å². The highest BCUT2D eigenvalue weighted by Crippen LogP contribution is 2.14. The van der Waals surface area contributed by atoms with Crippen LogP contribution in [0.1, 0.15) is 37.8 Å². The fourth-order valence-corrected chi connectivity index (χ4v) is 1.95. The molecule has 1 rings (SSSR count). The average molecular weight is 278 g/mol. The van der Waals surface area contributed by atoms with Crippen molar-refractivity contribution < 1.29 is 14.5 Å². The lowest BCUT2D eigenvalue weighted by Gasteiger charge is -2.20. The number of primary amides is 1. The molecule has 0 fully saturated rings. The van der Waals surface area contributed by atoms with E-state index in [0.717, 1.165) is 10.5 Å². The van der Waals surface area contributed by atoms with Crippen molar-refractivity contribution in [2.75, 3.05) is 7.05 Å². The molecule has 0 bridgehead atoms. The van der Waals surface area contributed by atoms with Gasteiger partial charge in [-0.1, -0.05) is 38.1 Å². The van der Waals surface area contributed by atoms with Crippen LogP contribution < -0.4 is 16.0 Å². The van der Waals surface area contributed by atoms with E-state index in [1.165, 1.54) is 5.56 Å². The van der Waals surface area contributed by atoms with E-state index < -0.39 is 6.03 Å². The lowest BCUT2D eigenvalue weighted by molar-refractivity contribution is -0.908. The highest BCUT2D eigenvalue weighted by Gasteiger charge is 2.22. The molecular weight excluding hydrogens is 254 g/mol. The van der Waals surface area contributed by atoms with Gasteiger partial charge in [0.05, 0.1) is 7.05 Å². The number of likely N-dealkylation sites (N-methyl/N-ethyl adjacent to an activating group) is 1. The number of nitrogens with one attached hydrogen (secondary N) is 2. The quantitative estimate of drug-likeness (QED) is 0.729. The molecule has 2 atom stereocenters. The summed E-state index contributed by atoms with van der Waals surface area (Å²) in [4.78, 5) is 23.4. The van der Waals surface area contributed by atoms with Crippen molar-refractivity contribution in [3.63, 3.8) is 0 Å². The number of imide groups is 1. The summed E-state index contributed by atoms with van der Waals surface area (Å²) in [5.74, 6) is 0.156. The standard InChI is InChI=1S/C15H23N3O2/c1-10(2)13-7-5-12(6-8-13)9-18(4)11(3)14(19)17-15(16)20/h5-8,10-11H,9H2,1-4H3,(H3,16,17,19,20)/p+1/t11-/m1/s1. The number of quaternary nitrogens is 1. The maximum absolute atomic E-state index is 11.7. The molecule has 0 radical (unpaired) electrons. The second-order valence-corrected chi connectivity index (χ2v) is 5.49. The maximum atomic E-state index is 11.7. The lowest BCUT2D eigenvalue weighted by Crippen LogP contribution is -3.12. The van der Waals surface area contributed by atoms with Crippen molar-refractivity contribution in [3.8, 4) is 0 Å². The predicted molar refractivity (Wildman–Crippen MR) is 78.3 cm³/mol. The Bertz CT molecular complexity index is 469. The molecule has 0 heterocycles. The summed E-state index contributed by atoms with van der Waals surface area (Å²) in [6.07, 6.45) is 0. The van der Waals surface area contributed by atoms with Crippen LogP contribution in [0.5, 0.6) is 0 Å². The van der Waals surface area contributed by atoms with Crippen LogP contribution in [-0.4, -0.2) is 25.0 Å². The number of amides is 3. The molecule has 1 unspecified atom stereocenters. The van der Waals surface area contributed by atoms with E-state index in [4.69, 9.17) is 5.73 Å². The highest BCUT2D eigenvalue weighted by molar-refractivity contribution is 5.95. The van der Waals surface area contributed by atoms with Crippen LogP contribution >= 0.6 is 0 Å². The van der Waals surface area contributed by atoms with Crippen molar-refractivity contribution in [2.45, 2.75) is 39.3 Å². The first-order valence-electron chi connectivity index (χ1n) is 6.82. The minimum atomic E-state index is -0.809. The van der Waals surface area contributed by atoms with Crippen LogP contribution in [-0.2, 0) is 11.3 Å². The Morgan fingerprint density at radius 2 is 1.75 bits per heavy atom. The van der Waals surface area contributed by atoms with Gasteiger partial charge in [0.15, 0.2) is 6.04 Å². The van der Waals surface area contributed by atoms with Gasteiger partial charge < -0.3 is 10.6 Å². The Morgan fingerprint density at radius 3 is 2.20 bits per heavy atom. The molecule has 0 aliphatic carbocycles. The predicted octanol–water partition coefficient (Wildman–Crippen LogP) is 0.408. The normalized spacial score (nSPS) is 13.8. The van der Waals surface area contributed by atoms with Gasteiger partial charge in [-0.25, -0.2) is 4.79 Å². The summed E-state index contributed by atoms with van der Waals surface area (Å²) >= 11 is 0. The Kier molecular flexibility index (Phi) is 5.70. The van der Waals surface area contributed by atoms with Gasteiger partial charge in [-0.05, 0) is 18.4 Å². The second-order valence-electron chi connectivity index (χ2n) is 5.49. The molecule has 0 aliphatic heterocycles. The van der Waals surface area contributed by atoms with Gasteiger partial charge in [0.25, 0.3) is 5.91 Å². The molecule has 5 nitrogen and oxygen atoms in total. The van der Waals surface area contributed by atoms with E-state index in [-0.39, 0.29) is 11.9 Å². The molecule has 20 heavy (non-hydrogen) atoms. The van der Waals surface area contributed by atoms with E-state index in [2.05, 4.69) is 43.4 Å². The molecule has 1 aromatic rings. The molecule has 3 amide bonds. The number of hydrogen-bond acceptors (Lipinski definition) is 2. The smallest absolute Gasteiger partial charge is 0.319 e. The zero-order chi connectivity index (χ0) is 15.3. The molecule has 5 heteroatoms. The van der Waals surface area contributed by atoms with Crippen molar-refractivity contribution in [1.82, 2.24) is 5.32 Å². The van der Waals surface area contributed by atoms with Crippen LogP contribution in [0.2, 0.25) is 0 Å². The number of urea groups is 1. The van der Waals surface area contributed by atoms with E-state index in [1.54, 1.807) is 6.92 Å². The Balaban J connectivity index is 2.63. The van der Waals surface area contributed by atoms with Gasteiger partial charge in [-0.2, -0.15) is 0 Å². The van der Waals surface area contributed by atoms with Crippen LogP contribution in [0.3, 0.4) is 0 Å². The molecule has 0 spiro atoms. The lowest BCUT2D eigenvalue weighted by atomic mass is 10.0. The number of benzene rings is 1. The molecule has 0 saturated heterocycles. The molecule has 0 aliphatic rings. The topological polar surface area (TPSA) is 76.6 Å². The molecule has 4 N–H and O–H groups in total. The van der Waals surface area contributed by atoms with Crippen molar-refractivity contribution in [1.29, 1.82) is 0 Å². The zero-order valence-electron chi connectivity index (χ0n) is 12.6. The number of hydrogen-bond donors (Lipinski definition) is 3. The van der Waals surface area contributed by atoms with Crippen LogP contribution in [0.4, 0.5) is 4.79 Å². The average Bonchev–Trinajstić information content (AvgIpc) is 2.37. The minimum absolute atomic E-state index is 0.340. The summed E-state index contributed by atoms with van der Waals surface area (Å²) in [6, 6.07) is 7.24. The van der Waals surface area contributed by atoms with Crippen LogP contribution in [0.25, 0.3) is 0 Å². The molecular formula is C15H24N3O2+. The molecule has 1 aromatic carbocycles. The SMILES string of the molecule is CC(C)c1ccc(C[NH+](C)[C@H](C)C(=O)NC(N)=O)cc1. The van der Waals surface area contributed by atoms with Gasteiger partial charge in [0, 0.05) is 5.56 Å². The maximum Gasteiger partial charge on any atom is 0.319 e. The summed E-state index contributed by atoms with van der Waals surface area (Å²) in [6.45, 7) is 6.80. The number of carbonyl (C=O) groups is 2. The van der Waals surface area contributed by atoms with Gasteiger partial charge in [0.2, 0.25) is 0 Å². The van der Waals surface area contributed by atoms with Gasteiger partial charge in [0.1, 0.15) is 6.54 Å². The van der Waals surface area contributed by atoms with E-state index >= 15 is 0 Å². The first-order valence-corrected chi connectivity index (χ1v) is 6.82. The van der Waals surface area contributed by atoms with Crippen molar-refractivity contribution in [2.24, 2.45) is 5.73 Å². The summed E-state index contributed by atoms with van der Waals surface area (Å²) in [5, 5.41) is 2.11. The third-order valence-corrected chi connectivity index (χ3v) is 3.51. The fraction of sp³-hybridized carbons (Fsp3) is 0.467. The number of rotatable bonds is 5. The van der Waals surface area contributed by atoms with E-state index in [9.17, 15) is 9.59 Å². The summed E-state index contributed by atoms with van der Waals surface area (Å²) in [5.41, 5.74) is 7.40. The molecule has 0 aromatic heterocycles. The van der Waals surface area contributed by atoms with E-state index in [0.29, 0.717) is 12.5 Å². The fourth-order valence-electron chi connectivity index (χ4n) is 1.95. The Hall–Kier alpha value is -1.88. The summed E-state index contributed by atoms with van der Waals surface area (Å²) < 4.78 is 0. The van der Waals surface area contributed by atoms with Crippen LogP contribution in [0.15, 0.2) is 24.3 Å². The van der Waals surface area contributed by atoms with Gasteiger partial charge in [-0.3, -0.25) is 10.1 Å². The monoisotopic (exact) mass is 278 g/mol. The zero-order valence-corrected chi connectivity index (χ0v) is 12.6. The Labute approximate surface area is 120 Å². The van der Waals surface area contributed by atoms with Crippen molar-refractivity contribution >= 4 is 11.9 Å². The first-order chi connectivity index (χ1) is 9.31.